The number of anilines is 1. The summed E-state index contributed by atoms with van der Waals surface area (Å²) >= 11 is 5.90. The second-order valence-corrected chi connectivity index (χ2v) is 7.08. The van der Waals surface area contributed by atoms with E-state index >= 15 is 0 Å². The number of nitrogens with one attached hydrogen (secondary N) is 1. The molecule has 1 atom stereocenters. The number of aromatic nitrogens is 2. The largest absolute Gasteiger partial charge is 0.370 e. The summed E-state index contributed by atoms with van der Waals surface area (Å²) in [5.41, 5.74) is 1.67. The van der Waals surface area contributed by atoms with Crippen molar-refractivity contribution >= 4 is 23.3 Å². The lowest BCUT2D eigenvalue weighted by Crippen LogP contribution is -2.43. The SMILES string of the molecule is CCC1CCCCN1C(=O)c1cc(NCCc2ccc(Cl)cc2)ncn1. The first-order valence-corrected chi connectivity index (χ1v) is 9.66. The van der Waals surface area contributed by atoms with Crippen molar-refractivity contribution in [3.63, 3.8) is 0 Å². The van der Waals surface area contributed by atoms with Crippen LogP contribution in [-0.2, 0) is 6.42 Å². The number of hydrogen-bond donors (Lipinski definition) is 1. The van der Waals surface area contributed by atoms with Crippen LogP contribution in [0.2, 0.25) is 5.02 Å². The van der Waals surface area contributed by atoms with Crippen molar-refractivity contribution in [2.24, 2.45) is 0 Å². The Morgan fingerprint density at radius 3 is 2.85 bits per heavy atom. The quantitative estimate of drug-likeness (QED) is 0.826. The summed E-state index contributed by atoms with van der Waals surface area (Å²) in [6.45, 7) is 3.69. The monoisotopic (exact) mass is 372 g/mol. The smallest absolute Gasteiger partial charge is 0.272 e. The average molecular weight is 373 g/mol. The Morgan fingerprint density at radius 2 is 2.08 bits per heavy atom. The van der Waals surface area contributed by atoms with Gasteiger partial charge in [-0.05, 0) is 49.8 Å². The fourth-order valence-corrected chi connectivity index (χ4v) is 3.52. The van der Waals surface area contributed by atoms with Crippen LogP contribution < -0.4 is 5.32 Å². The maximum absolute atomic E-state index is 12.8. The van der Waals surface area contributed by atoms with E-state index in [0.29, 0.717) is 17.6 Å². The number of carbonyl (C=O) groups is 1. The van der Waals surface area contributed by atoms with Crippen LogP contribution in [0.4, 0.5) is 5.82 Å². The second-order valence-electron chi connectivity index (χ2n) is 6.65. The van der Waals surface area contributed by atoms with Crippen LogP contribution in [0.15, 0.2) is 36.7 Å². The van der Waals surface area contributed by atoms with Crippen LogP contribution in [0.1, 0.15) is 48.7 Å². The molecule has 1 aromatic carbocycles. The number of nitrogens with zero attached hydrogens (tertiary/aromatic N) is 3. The molecule has 3 rings (SSSR count). The summed E-state index contributed by atoms with van der Waals surface area (Å²) in [5, 5.41) is 4.02. The van der Waals surface area contributed by atoms with Gasteiger partial charge >= 0.3 is 0 Å². The summed E-state index contributed by atoms with van der Waals surface area (Å²) in [6, 6.07) is 9.89. The lowest BCUT2D eigenvalue weighted by Gasteiger charge is -2.35. The van der Waals surface area contributed by atoms with Crippen molar-refractivity contribution in [3.05, 3.63) is 52.9 Å². The van der Waals surface area contributed by atoms with Crippen LogP contribution in [0.25, 0.3) is 0 Å². The Kier molecular flexibility index (Phi) is 6.45. The number of hydrogen-bond acceptors (Lipinski definition) is 4. The van der Waals surface area contributed by atoms with E-state index in [4.69, 9.17) is 11.6 Å². The highest BCUT2D eigenvalue weighted by molar-refractivity contribution is 6.30. The molecule has 1 amide bonds. The van der Waals surface area contributed by atoms with Gasteiger partial charge in [-0.25, -0.2) is 9.97 Å². The van der Waals surface area contributed by atoms with Gasteiger partial charge in [0.2, 0.25) is 0 Å². The van der Waals surface area contributed by atoms with E-state index < -0.39 is 0 Å². The number of piperidine rings is 1. The van der Waals surface area contributed by atoms with Crippen molar-refractivity contribution in [2.75, 3.05) is 18.4 Å². The lowest BCUT2D eigenvalue weighted by atomic mass is 9.99. The highest BCUT2D eigenvalue weighted by atomic mass is 35.5. The number of rotatable bonds is 6. The highest BCUT2D eigenvalue weighted by Crippen LogP contribution is 2.21. The molecule has 1 aliphatic heterocycles. The molecule has 0 saturated carbocycles. The minimum atomic E-state index is 0.0136. The first-order valence-electron chi connectivity index (χ1n) is 9.28. The molecule has 1 fully saturated rings. The van der Waals surface area contributed by atoms with E-state index in [9.17, 15) is 4.79 Å². The lowest BCUT2D eigenvalue weighted by molar-refractivity contribution is 0.0602. The molecule has 26 heavy (non-hydrogen) atoms. The van der Waals surface area contributed by atoms with Gasteiger partial charge < -0.3 is 10.2 Å². The standard InChI is InChI=1S/C20H25ClN4O/c1-2-17-5-3-4-12-25(17)20(26)18-13-19(24-14-23-18)22-11-10-15-6-8-16(21)9-7-15/h6-9,13-14,17H,2-5,10-12H2,1H3,(H,22,23,24). The van der Waals surface area contributed by atoms with E-state index in [2.05, 4.69) is 22.2 Å². The molecule has 138 valence electrons. The number of halogens is 1. The Labute approximate surface area is 159 Å². The fraction of sp³-hybridized carbons (Fsp3) is 0.450. The van der Waals surface area contributed by atoms with E-state index in [1.807, 2.05) is 29.2 Å². The van der Waals surface area contributed by atoms with Crippen molar-refractivity contribution in [2.45, 2.75) is 45.1 Å². The van der Waals surface area contributed by atoms with Gasteiger partial charge in [0.05, 0.1) is 0 Å². The van der Waals surface area contributed by atoms with E-state index in [-0.39, 0.29) is 5.91 Å². The molecule has 1 aliphatic rings. The number of likely N-dealkylation sites (tertiary alicyclic amines) is 1. The molecule has 2 aromatic rings. The first-order chi connectivity index (χ1) is 12.7. The highest BCUT2D eigenvalue weighted by Gasteiger charge is 2.27. The Balaban J connectivity index is 1.60. The van der Waals surface area contributed by atoms with Crippen LogP contribution in [-0.4, -0.2) is 39.9 Å². The molecule has 1 aromatic heterocycles. The normalized spacial score (nSPS) is 17.2. The molecule has 1 unspecified atom stereocenters. The summed E-state index contributed by atoms with van der Waals surface area (Å²) in [6.07, 6.45) is 6.66. The zero-order chi connectivity index (χ0) is 18.4. The second kappa shape index (κ2) is 8.99. The molecule has 5 nitrogen and oxygen atoms in total. The van der Waals surface area contributed by atoms with Crippen molar-refractivity contribution in [1.29, 1.82) is 0 Å². The van der Waals surface area contributed by atoms with Crippen LogP contribution in [0.3, 0.4) is 0 Å². The molecule has 0 aliphatic carbocycles. The first kappa shape index (κ1) is 18.6. The summed E-state index contributed by atoms with van der Waals surface area (Å²) < 4.78 is 0. The molecule has 0 bridgehead atoms. The molecule has 0 spiro atoms. The Hall–Kier alpha value is -2.14. The van der Waals surface area contributed by atoms with Gasteiger partial charge in [-0.1, -0.05) is 30.7 Å². The van der Waals surface area contributed by atoms with Crippen molar-refractivity contribution < 1.29 is 4.79 Å². The molecular formula is C20H25ClN4O. The van der Waals surface area contributed by atoms with Crippen LogP contribution in [0, 0.1) is 0 Å². The number of amides is 1. The molecule has 2 heterocycles. The average Bonchev–Trinajstić information content (AvgIpc) is 2.69. The van der Waals surface area contributed by atoms with Gasteiger partial charge in [0, 0.05) is 30.2 Å². The van der Waals surface area contributed by atoms with Gasteiger partial charge in [-0.3, -0.25) is 4.79 Å². The van der Waals surface area contributed by atoms with Gasteiger partial charge in [0.1, 0.15) is 17.8 Å². The zero-order valence-electron chi connectivity index (χ0n) is 15.1. The predicted octanol–water partition coefficient (Wildman–Crippen LogP) is 4.19. The van der Waals surface area contributed by atoms with Gasteiger partial charge in [0.25, 0.3) is 5.91 Å². The third-order valence-corrected chi connectivity index (χ3v) is 5.13. The van der Waals surface area contributed by atoms with Gasteiger partial charge in [-0.2, -0.15) is 0 Å². The Bertz CT molecular complexity index is 735. The molecule has 1 saturated heterocycles. The van der Waals surface area contributed by atoms with E-state index in [0.717, 1.165) is 43.8 Å². The third-order valence-electron chi connectivity index (χ3n) is 4.88. The van der Waals surface area contributed by atoms with Gasteiger partial charge in [0.15, 0.2) is 0 Å². The minimum absolute atomic E-state index is 0.0136. The van der Waals surface area contributed by atoms with Crippen molar-refractivity contribution in [3.8, 4) is 0 Å². The zero-order valence-corrected chi connectivity index (χ0v) is 15.9. The third kappa shape index (κ3) is 4.73. The maximum Gasteiger partial charge on any atom is 0.272 e. The van der Waals surface area contributed by atoms with Crippen molar-refractivity contribution in [1.82, 2.24) is 14.9 Å². The minimum Gasteiger partial charge on any atom is -0.370 e. The Morgan fingerprint density at radius 1 is 1.27 bits per heavy atom. The number of benzene rings is 1. The molecule has 0 radical (unpaired) electrons. The van der Waals surface area contributed by atoms with E-state index in [1.54, 1.807) is 6.07 Å². The number of carbonyl (C=O) groups excluding carboxylic acids is 1. The topological polar surface area (TPSA) is 58.1 Å². The molecule has 6 heteroatoms. The van der Waals surface area contributed by atoms with Crippen LogP contribution >= 0.6 is 11.6 Å². The van der Waals surface area contributed by atoms with Crippen LogP contribution in [0.5, 0.6) is 0 Å². The van der Waals surface area contributed by atoms with E-state index in [1.165, 1.54) is 18.3 Å². The predicted molar refractivity (Wildman–Crippen MR) is 105 cm³/mol. The summed E-state index contributed by atoms with van der Waals surface area (Å²) in [4.78, 5) is 23.3. The van der Waals surface area contributed by atoms with Gasteiger partial charge in [-0.15, -0.1) is 0 Å². The summed E-state index contributed by atoms with van der Waals surface area (Å²) in [5.74, 6) is 0.696. The molecule has 1 N–H and O–H groups in total. The molecular weight excluding hydrogens is 348 g/mol. The maximum atomic E-state index is 12.8. The fourth-order valence-electron chi connectivity index (χ4n) is 3.40. The summed E-state index contributed by atoms with van der Waals surface area (Å²) in [7, 11) is 0.